The van der Waals surface area contributed by atoms with Gasteiger partial charge >= 0.3 is 5.97 Å². The van der Waals surface area contributed by atoms with Crippen LogP contribution < -0.4 is 5.32 Å². The molecule has 0 radical (unpaired) electrons. The number of anilines is 1. The third-order valence-electron chi connectivity index (χ3n) is 2.71. The highest BCUT2D eigenvalue weighted by atomic mass is 32.1. The first kappa shape index (κ1) is 12.4. The SMILES string of the molecule is COC(=O)c1c(NC(=O)CS)sc2c1CCC2. The number of ether oxygens (including phenoxy) is 1. The normalized spacial score (nSPS) is 13.3. The molecule has 1 aliphatic carbocycles. The Morgan fingerprint density at radius 3 is 2.88 bits per heavy atom. The number of nitrogens with one attached hydrogen (secondary N) is 1. The number of thiol groups is 1. The molecule has 1 aliphatic rings. The van der Waals surface area contributed by atoms with Gasteiger partial charge in [-0.05, 0) is 24.8 Å². The number of esters is 1. The molecule has 0 aliphatic heterocycles. The van der Waals surface area contributed by atoms with Crippen molar-refractivity contribution in [1.82, 2.24) is 0 Å². The standard InChI is InChI=1S/C11H13NO3S2/c1-15-11(14)9-6-3-2-4-7(6)17-10(9)12-8(13)5-16/h16H,2-5H2,1H3,(H,12,13). The summed E-state index contributed by atoms with van der Waals surface area (Å²) in [5.74, 6) is -0.485. The summed E-state index contributed by atoms with van der Waals surface area (Å²) in [5.41, 5.74) is 1.57. The van der Waals surface area contributed by atoms with Crippen LogP contribution in [0.3, 0.4) is 0 Å². The van der Waals surface area contributed by atoms with Gasteiger partial charge in [-0.3, -0.25) is 4.79 Å². The molecule has 0 saturated heterocycles. The summed E-state index contributed by atoms with van der Waals surface area (Å²) in [4.78, 5) is 24.3. The van der Waals surface area contributed by atoms with Crippen molar-refractivity contribution >= 4 is 40.8 Å². The molecule has 0 spiro atoms. The van der Waals surface area contributed by atoms with Gasteiger partial charge in [-0.25, -0.2) is 4.79 Å². The highest BCUT2D eigenvalue weighted by molar-refractivity contribution is 7.81. The third kappa shape index (κ3) is 2.32. The van der Waals surface area contributed by atoms with Crippen molar-refractivity contribution in [2.24, 2.45) is 0 Å². The Kier molecular flexibility index (Phi) is 3.73. The molecule has 0 saturated carbocycles. The van der Waals surface area contributed by atoms with Crippen LogP contribution in [-0.2, 0) is 22.4 Å². The fraction of sp³-hybridized carbons (Fsp3) is 0.455. The number of hydrogen-bond acceptors (Lipinski definition) is 5. The van der Waals surface area contributed by atoms with Gasteiger partial charge in [0.05, 0.1) is 18.4 Å². The van der Waals surface area contributed by atoms with E-state index in [1.807, 2.05) is 0 Å². The monoisotopic (exact) mass is 271 g/mol. The van der Waals surface area contributed by atoms with Gasteiger partial charge in [0.2, 0.25) is 5.91 Å². The first-order chi connectivity index (χ1) is 8.17. The molecule has 0 fully saturated rings. The second-order valence-electron chi connectivity index (χ2n) is 3.76. The maximum Gasteiger partial charge on any atom is 0.341 e. The molecule has 0 atom stereocenters. The molecule has 1 aromatic heterocycles. The Hall–Kier alpha value is -1.01. The number of aryl methyl sites for hydroxylation is 1. The lowest BCUT2D eigenvalue weighted by molar-refractivity contribution is -0.113. The zero-order valence-corrected chi connectivity index (χ0v) is 11.1. The highest BCUT2D eigenvalue weighted by Crippen LogP contribution is 2.39. The lowest BCUT2D eigenvalue weighted by atomic mass is 10.1. The van der Waals surface area contributed by atoms with E-state index in [0.717, 1.165) is 24.8 Å². The van der Waals surface area contributed by atoms with Crippen LogP contribution in [0.25, 0.3) is 0 Å². The number of methoxy groups -OCH3 is 1. The highest BCUT2D eigenvalue weighted by Gasteiger charge is 2.27. The van der Waals surface area contributed by atoms with Gasteiger partial charge in [0.15, 0.2) is 0 Å². The Bertz CT molecular complexity index is 468. The van der Waals surface area contributed by atoms with E-state index in [0.29, 0.717) is 10.6 Å². The molecule has 0 unspecified atom stereocenters. The van der Waals surface area contributed by atoms with Crippen molar-refractivity contribution in [1.29, 1.82) is 0 Å². The number of hydrogen-bond donors (Lipinski definition) is 2. The van der Waals surface area contributed by atoms with Crippen LogP contribution in [0.5, 0.6) is 0 Å². The molecule has 6 heteroatoms. The van der Waals surface area contributed by atoms with Gasteiger partial charge in [-0.1, -0.05) is 0 Å². The van der Waals surface area contributed by atoms with E-state index in [1.54, 1.807) is 0 Å². The number of carbonyl (C=O) groups excluding carboxylic acids is 2. The van der Waals surface area contributed by atoms with E-state index in [2.05, 4.69) is 17.9 Å². The lowest BCUT2D eigenvalue weighted by Gasteiger charge is -2.05. The first-order valence-electron chi connectivity index (χ1n) is 5.31. The molecule has 17 heavy (non-hydrogen) atoms. The van der Waals surface area contributed by atoms with Crippen LogP contribution in [0, 0.1) is 0 Å². The van der Waals surface area contributed by atoms with E-state index in [9.17, 15) is 9.59 Å². The van der Waals surface area contributed by atoms with Crippen LogP contribution in [0.4, 0.5) is 5.00 Å². The molecular weight excluding hydrogens is 258 g/mol. The Labute approximate surface area is 109 Å². The van der Waals surface area contributed by atoms with Crippen LogP contribution in [-0.4, -0.2) is 24.7 Å². The van der Waals surface area contributed by atoms with E-state index in [1.165, 1.54) is 23.3 Å². The molecule has 1 amide bonds. The third-order valence-corrected chi connectivity index (χ3v) is 4.20. The summed E-state index contributed by atoms with van der Waals surface area (Å²) in [6, 6.07) is 0. The van der Waals surface area contributed by atoms with Crippen molar-refractivity contribution in [2.45, 2.75) is 19.3 Å². The number of thiophene rings is 1. The first-order valence-corrected chi connectivity index (χ1v) is 6.75. The topological polar surface area (TPSA) is 55.4 Å². The summed E-state index contributed by atoms with van der Waals surface area (Å²) < 4.78 is 4.77. The molecule has 92 valence electrons. The van der Waals surface area contributed by atoms with Gasteiger partial charge in [0.25, 0.3) is 0 Å². The average molecular weight is 271 g/mol. The minimum absolute atomic E-state index is 0.100. The van der Waals surface area contributed by atoms with Crippen LogP contribution >= 0.6 is 24.0 Å². The van der Waals surface area contributed by atoms with Crippen LogP contribution in [0.15, 0.2) is 0 Å². The predicted octanol–water partition coefficient (Wildman–Crippen LogP) is 1.89. The fourth-order valence-electron chi connectivity index (χ4n) is 1.98. The zero-order valence-electron chi connectivity index (χ0n) is 9.41. The van der Waals surface area contributed by atoms with Gasteiger partial charge in [0.1, 0.15) is 5.00 Å². The zero-order chi connectivity index (χ0) is 12.4. The molecule has 0 bridgehead atoms. The van der Waals surface area contributed by atoms with Crippen LogP contribution in [0.2, 0.25) is 0 Å². The number of carbonyl (C=O) groups is 2. The Morgan fingerprint density at radius 1 is 1.47 bits per heavy atom. The van der Waals surface area contributed by atoms with Crippen molar-refractivity contribution in [2.75, 3.05) is 18.2 Å². The maximum atomic E-state index is 11.7. The molecular formula is C11H13NO3S2. The number of fused-ring (bicyclic) bond motifs is 1. The van der Waals surface area contributed by atoms with E-state index < -0.39 is 0 Å². The van der Waals surface area contributed by atoms with Gasteiger partial charge in [-0.2, -0.15) is 12.6 Å². The molecule has 4 nitrogen and oxygen atoms in total. The minimum Gasteiger partial charge on any atom is -0.465 e. The van der Waals surface area contributed by atoms with Crippen molar-refractivity contribution < 1.29 is 14.3 Å². The average Bonchev–Trinajstić information content (AvgIpc) is 2.87. The molecule has 1 aromatic rings. The fourth-order valence-corrected chi connectivity index (χ4v) is 3.35. The molecule has 1 N–H and O–H groups in total. The minimum atomic E-state index is -0.376. The summed E-state index contributed by atoms with van der Waals surface area (Å²) in [6.07, 6.45) is 2.92. The summed E-state index contributed by atoms with van der Waals surface area (Å²) in [5, 5.41) is 3.30. The van der Waals surface area contributed by atoms with E-state index in [4.69, 9.17) is 4.74 Å². The second-order valence-corrected chi connectivity index (χ2v) is 5.18. The summed E-state index contributed by atoms with van der Waals surface area (Å²) >= 11 is 5.37. The summed E-state index contributed by atoms with van der Waals surface area (Å²) in [6.45, 7) is 0. The van der Waals surface area contributed by atoms with Crippen molar-refractivity contribution in [3.8, 4) is 0 Å². The predicted molar refractivity (Wildman–Crippen MR) is 70.2 cm³/mol. The lowest BCUT2D eigenvalue weighted by Crippen LogP contribution is -2.15. The quantitative estimate of drug-likeness (QED) is 0.652. The van der Waals surface area contributed by atoms with Gasteiger partial charge < -0.3 is 10.1 Å². The van der Waals surface area contributed by atoms with E-state index in [-0.39, 0.29) is 17.6 Å². The molecule has 2 rings (SSSR count). The van der Waals surface area contributed by atoms with Gasteiger partial charge in [-0.15, -0.1) is 11.3 Å². The Morgan fingerprint density at radius 2 is 2.24 bits per heavy atom. The van der Waals surface area contributed by atoms with Crippen molar-refractivity contribution in [3.63, 3.8) is 0 Å². The Balaban J connectivity index is 2.38. The molecule has 0 aromatic carbocycles. The number of amides is 1. The second kappa shape index (κ2) is 5.10. The molecule has 1 heterocycles. The smallest absolute Gasteiger partial charge is 0.341 e. The maximum absolute atomic E-state index is 11.7. The van der Waals surface area contributed by atoms with Crippen LogP contribution in [0.1, 0.15) is 27.2 Å². The van der Waals surface area contributed by atoms with Crippen molar-refractivity contribution in [3.05, 3.63) is 16.0 Å². The van der Waals surface area contributed by atoms with Gasteiger partial charge in [0, 0.05) is 4.88 Å². The van der Waals surface area contributed by atoms with E-state index >= 15 is 0 Å². The largest absolute Gasteiger partial charge is 0.465 e. The number of rotatable bonds is 3. The summed E-state index contributed by atoms with van der Waals surface area (Å²) in [7, 11) is 1.35.